The average Bonchev–Trinajstić information content (AvgIpc) is 2.53. The molecule has 1 N–H and O–H groups in total. The van der Waals surface area contributed by atoms with Crippen LogP contribution in [0.25, 0.3) is 0 Å². The van der Waals surface area contributed by atoms with Gasteiger partial charge in [0.1, 0.15) is 0 Å². The maximum atomic E-state index is 12.4. The van der Waals surface area contributed by atoms with E-state index in [2.05, 4.69) is 27.3 Å². The number of hydrogen-bond acceptors (Lipinski definition) is 2. The molecule has 1 heterocycles. The first-order valence-electron chi connectivity index (χ1n) is 6.95. The molecule has 3 rings (SSSR count). The minimum absolute atomic E-state index is 0.0786. The Hall–Kier alpha value is -1.65. The van der Waals surface area contributed by atoms with Crippen molar-refractivity contribution < 1.29 is 9.53 Å². The third kappa shape index (κ3) is 3.34. The van der Waals surface area contributed by atoms with Gasteiger partial charge in [-0.05, 0) is 35.2 Å². The summed E-state index contributed by atoms with van der Waals surface area (Å²) in [5.74, 6) is -0.0786. The summed E-state index contributed by atoms with van der Waals surface area (Å²) in [5.41, 5.74) is 3.25. The van der Waals surface area contributed by atoms with Gasteiger partial charge < -0.3 is 10.1 Å². The van der Waals surface area contributed by atoms with E-state index in [1.165, 1.54) is 5.56 Å². The number of carbonyl (C=O) groups excluding carboxylic acids is 1. The summed E-state index contributed by atoms with van der Waals surface area (Å²) >= 11 is 3.40. The van der Waals surface area contributed by atoms with Crippen molar-refractivity contribution in [3.05, 3.63) is 69.7 Å². The van der Waals surface area contributed by atoms with Gasteiger partial charge in [0.25, 0.3) is 5.91 Å². The summed E-state index contributed by atoms with van der Waals surface area (Å²) in [5, 5.41) is 2.95. The van der Waals surface area contributed by atoms with E-state index in [0.29, 0.717) is 13.2 Å². The topological polar surface area (TPSA) is 38.3 Å². The van der Waals surface area contributed by atoms with Crippen LogP contribution in [0.5, 0.6) is 0 Å². The molecule has 2 aromatic carbocycles. The molecule has 0 fully saturated rings. The molecule has 1 unspecified atom stereocenters. The quantitative estimate of drug-likeness (QED) is 0.925. The van der Waals surface area contributed by atoms with Gasteiger partial charge in [-0.15, -0.1) is 0 Å². The number of halogens is 1. The number of rotatable bonds is 3. The van der Waals surface area contributed by atoms with Crippen LogP contribution in [0.1, 0.15) is 22.8 Å². The van der Waals surface area contributed by atoms with Gasteiger partial charge in [0.2, 0.25) is 0 Å². The molecule has 2 aromatic rings. The number of nitrogens with one attached hydrogen (secondary N) is 1. The maximum absolute atomic E-state index is 12.4. The van der Waals surface area contributed by atoms with Crippen LogP contribution in [0.3, 0.4) is 0 Å². The molecule has 1 aliphatic rings. The molecule has 3 nitrogen and oxygen atoms in total. The van der Waals surface area contributed by atoms with Crippen LogP contribution < -0.4 is 5.32 Å². The zero-order valence-electron chi connectivity index (χ0n) is 11.5. The Morgan fingerprint density at radius 1 is 1.19 bits per heavy atom. The van der Waals surface area contributed by atoms with Crippen LogP contribution >= 0.6 is 15.9 Å². The lowest BCUT2D eigenvalue weighted by Crippen LogP contribution is -2.33. The molecular weight excluding hydrogens is 330 g/mol. The minimum atomic E-state index is -0.495. The van der Waals surface area contributed by atoms with Gasteiger partial charge in [0, 0.05) is 11.0 Å². The Bertz CT molecular complexity index is 639. The van der Waals surface area contributed by atoms with Crippen molar-refractivity contribution in [2.75, 3.05) is 6.61 Å². The molecule has 0 spiro atoms. The lowest BCUT2D eigenvalue weighted by atomic mass is 9.97. The molecule has 108 valence electrons. The zero-order valence-corrected chi connectivity index (χ0v) is 13.1. The van der Waals surface area contributed by atoms with E-state index < -0.39 is 6.10 Å². The summed E-state index contributed by atoms with van der Waals surface area (Å²) in [6.45, 7) is 1.10. The number of fused-ring (bicyclic) bond motifs is 1. The van der Waals surface area contributed by atoms with E-state index in [-0.39, 0.29) is 5.91 Å². The fourth-order valence-electron chi connectivity index (χ4n) is 2.50. The second-order valence-electron chi connectivity index (χ2n) is 5.04. The van der Waals surface area contributed by atoms with Gasteiger partial charge >= 0.3 is 0 Å². The van der Waals surface area contributed by atoms with Crippen LogP contribution in [-0.4, -0.2) is 12.5 Å². The van der Waals surface area contributed by atoms with Crippen LogP contribution in [0.15, 0.2) is 53.0 Å². The second-order valence-corrected chi connectivity index (χ2v) is 5.96. The number of carbonyl (C=O) groups is 1. The first-order valence-corrected chi connectivity index (χ1v) is 7.75. The van der Waals surface area contributed by atoms with Gasteiger partial charge in [-0.25, -0.2) is 0 Å². The SMILES string of the molecule is O=C(NCc1ccc(Br)cc1)C1OCCc2ccccc21. The lowest BCUT2D eigenvalue weighted by molar-refractivity contribution is -0.134. The molecule has 0 bridgehead atoms. The standard InChI is InChI=1S/C17H16BrNO2/c18-14-7-5-12(6-8-14)11-19-17(20)16-15-4-2-1-3-13(15)9-10-21-16/h1-8,16H,9-11H2,(H,19,20). The smallest absolute Gasteiger partial charge is 0.254 e. The van der Waals surface area contributed by atoms with Crippen LogP contribution in [0, 0.1) is 0 Å². The van der Waals surface area contributed by atoms with Gasteiger partial charge in [0.15, 0.2) is 6.10 Å². The predicted octanol–water partition coefficient (Wildman–Crippen LogP) is 3.38. The molecule has 4 heteroatoms. The molecule has 0 radical (unpaired) electrons. The molecule has 0 saturated heterocycles. The molecule has 21 heavy (non-hydrogen) atoms. The lowest BCUT2D eigenvalue weighted by Gasteiger charge is -2.25. The first kappa shape index (κ1) is 14.3. The van der Waals surface area contributed by atoms with Crippen molar-refractivity contribution in [3.8, 4) is 0 Å². The highest BCUT2D eigenvalue weighted by molar-refractivity contribution is 9.10. The van der Waals surface area contributed by atoms with Crippen molar-refractivity contribution in [1.82, 2.24) is 5.32 Å². The summed E-state index contributed by atoms with van der Waals surface area (Å²) in [6.07, 6.45) is 0.373. The number of benzene rings is 2. The van der Waals surface area contributed by atoms with E-state index in [1.807, 2.05) is 42.5 Å². The first-order chi connectivity index (χ1) is 10.2. The Morgan fingerprint density at radius 2 is 1.95 bits per heavy atom. The maximum Gasteiger partial charge on any atom is 0.254 e. The number of ether oxygens (including phenoxy) is 1. The summed E-state index contributed by atoms with van der Waals surface area (Å²) in [4.78, 5) is 12.4. The molecular formula is C17H16BrNO2. The molecule has 0 saturated carbocycles. The number of hydrogen-bond donors (Lipinski definition) is 1. The third-order valence-electron chi connectivity index (χ3n) is 3.61. The zero-order chi connectivity index (χ0) is 14.7. The summed E-state index contributed by atoms with van der Waals surface area (Å²) < 4.78 is 6.68. The second kappa shape index (κ2) is 6.41. The highest BCUT2D eigenvalue weighted by Gasteiger charge is 2.26. The molecule has 1 aliphatic heterocycles. The van der Waals surface area contributed by atoms with Gasteiger partial charge in [0.05, 0.1) is 6.61 Å². The van der Waals surface area contributed by atoms with E-state index in [0.717, 1.165) is 22.0 Å². The summed E-state index contributed by atoms with van der Waals surface area (Å²) in [6, 6.07) is 15.9. The van der Waals surface area contributed by atoms with E-state index in [9.17, 15) is 4.79 Å². The van der Waals surface area contributed by atoms with Crippen molar-refractivity contribution in [2.45, 2.75) is 19.1 Å². The number of amides is 1. The van der Waals surface area contributed by atoms with Crippen LogP contribution in [0.2, 0.25) is 0 Å². The Labute approximate surface area is 132 Å². The Morgan fingerprint density at radius 3 is 2.76 bits per heavy atom. The third-order valence-corrected chi connectivity index (χ3v) is 4.14. The van der Waals surface area contributed by atoms with E-state index in [1.54, 1.807) is 0 Å². The summed E-state index contributed by atoms with van der Waals surface area (Å²) in [7, 11) is 0. The normalized spacial score (nSPS) is 17.1. The highest BCUT2D eigenvalue weighted by Crippen LogP contribution is 2.27. The van der Waals surface area contributed by atoms with Crippen LogP contribution in [0.4, 0.5) is 0 Å². The van der Waals surface area contributed by atoms with Gasteiger partial charge in [-0.3, -0.25) is 4.79 Å². The Balaban J connectivity index is 1.68. The largest absolute Gasteiger partial charge is 0.363 e. The van der Waals surface area contributed by atoms with Crippen molar-refractivity contribution >= 4 is 21.8 Å². The fourth-order valence-corrected chi connectivity index (χ4v) is 2.76. The molecule has 1 atom stereocenters. The monoisotopic (exact) mass is 345 g/mol. The molecule has 0 aromatic heterocycles. The van der Waals surface area contributed by atoms with Crippen molar-refractivity contribution in [3.63, 3.8) is 0 Å². The molecule has 1 amide bonds. The van der Waals surface area contributed by atoms with Crippen molar-refractivity contribution in [2.24, 2.45) is 0 Å². The average molecular weight is 346 g/mol. The van der Waals surface area contributed by atoms with Gasteiger partial charge in [-0.2, -0.15) is 0 Å². The Kier molecular flexibility index (Phi) is 4.36. The predicted molar refractivity (Wildman–Crippen MR) is 84.8 cm³/mol. The van der Waals surface area contributed by atoms with Gasteiger partial charge in [-0.1, -0.05) is 52.3 Å². The highest BCUT2D eigenvalue weighted by atomic mass is 79.9. The fraction of sp³-hybridized carbons (Fsp3) is 0.235. The van der Waals surface area contributed by atoms with Crippen molar-refractivity contribution in [1.29, 1.82) is 0 Å². The van der Waals surface area contributed by atoms with E-state index >= 15 is 0 Å². The van der Waals surface area contributed by atoms with Crippen LogP contribution in [-0.2, 0) is 22.5 Å². The minimum Gasteiger partial charge on any atom is -0.363 e. The molecule has 0 aliphatic carbocycles. The van der Waals surface area contributed by atoms with E-state index in [4.69, 9.17) is 4.74 Å².